The van der Waals surface area contributed by atoms with Gasteiger partial charge in [0.1, 0.15) is 0 Å². The van der Waals surface area contributed by atoms with E-state index in [0.717, 1.165) is 19.3 Å². The smallest absolute Gasteiger partial charge is 0.417 e. The van der Waals surface area contributed by atoms with Crippen LogP contribution in [0.3, 0.4) is 0 Å². The van der Waals surface area contributed by atoms with Crippen LogP contribution in [0.15, 0.2) is 29.1 Å². The zero-order valence-electron chi connectivity index (χ0n) is 9.22. The topological polar surface area (TPSA) is 76.7 Å². The number of carbonyl (C=O) groups is 2. The standard InChI is InChI=1S/C7H12O4.C4H4O/c1-2-3-4-5-11-7(10)6(8)9;1-2-4-5-3-1/h2-5H2,1H3,(H,8,9);1-4H. The molecule has 5 nitrogen and oxygen atoms in total. The molecule has 0 saturated carbocycles. The first-order valence-corrected chi connectivity index (χ1v) is 5.05. The Bertz CT molecular complexity index is 261. The van der Waals surface area contributed by atoms with Crippen molar-refractivity contribution in [2.24, 2.45) is 0 Å². The average Bonchev–Trinajstić information content (AvgIpc) is 2.82. The highest BCUT2D eigenvalue weighted by molar-refractivity contribution is 6.28. The Morgan fingerprint density at radius 1 is 1.25 bits per heavy atom. The van der Waals surface area contributed by atoms with Gasteiger partial charge in [-0.1, -0.05) is 19.8 Å². The quantitative estimate of drug-likeness (QED) is 0.485. The molecule has 1 heterocycles. The van der Waals surface area contributed by atoms with E-state index in [9.17, 15) is 9.59 Å². The number of ether oxygens (including phenoxy) is 1. The van der Waals surface area contributed by atoms with Crippen LogP contribution >= 0.6 is 0 Å². The van der Waals surface area contributed by atoms with Crippen molar-refractivity contribution >= 4 is 11.9 Å². The van der Waals surface area contributed by atoms with E-state index in [4.69, 9.17) is 5.11 Å². The number of aliphatic carboxylic acids is 1. The largest absolute Gasteiger partial charge is 0.473 e. The van der Waals surface area contributed by atoms with Crippen LogP contribution in [0.5, 0.6) is 0 Å². The van der Waals surface area contributed by atoms with Crippen molar-refractivity contribution < 1.29 is 23.8 Å². The van der Waals surface area contributed by atoms with Gasteiger partial charge in [0.2, 0.25) is 0 Å². The van der Waals surface area contributed by atoms with Gasteiger partial charge in [0.05, 0.1) is 19.1 Å². The Morgan fingerprint density at radius 2 is 1.88 bits per heavy atom. The molecule has 0 saturated heterocycles. The molecule has 0 unspecified atom stereocenters. The maximum atomic E-state index is 10.3. The Kier molecular flexibility index (Phi) is 8.68. The molecule has 16 heavy (non-hydrogen) atoms. The van der Waals surface area contributed by atoms with E-state index in [1.54, 1.807) is 12.5 Å². The molecular formula is C11H16O5. The summed E-state index contributed by atoms with van der Waals surface area (Å²) >= 11 is 0. The molecule has 0 aliphatic carbocycles. The van der Waals surface area contributed by atoms with Crippen LogP contribution in [-0.2, 0) is 14.3 Å². The van der Waals surface area contributed by atoms with Crippen molar-refractivity contribution in [3.8, 4) is 0 Å². The van der Waals surface area contributed by atoms with Crippen molar-refractivity contribution in [3.63, 3.8) is 0 Å². The number of esters is 1. The monoisotopic (exact) mass is 228 g/mol. The molecular weight excluding hydrogens is 212 g/mol. The minimum atomic E-state index is -1.53. The van der Waals surface area contributed by atoms with Crippen LogP contribution in [0.4, 0.5) is 0 Å². The maximum Gasteiger partial charge on any atom is 0.417 e. The molecule has 0 atom stereocenters. The normalized spacial score (nSPS) is 8.81. The van der Waals surface area contributed by atoms with Crippen molar-refractivity contribution in [2.45, 2.75) is 26.2 Å². The number of unbranched alkanes of at least 4 members (excludes halogenated alkanes) is 2. The molecule has 1 rings (SSSR count). The van der Waals surface area contributed by atoms with Gasteiger partial charge in [-0.25, -0.2) is 9.59 Å². The van der Waals surface area contributed by atoms with E-state index in [1.165, 1.54) is 0 Å². The van der Waals surface area contributed by atoms with E-state index in [1.807, 2.05) is 19.1 Å². The number of hydrogen-bond acceptors (Lipinski definition) is 4. The fourth-order valence-corrected chi connectivity index (χ4v) is 0.805. The Labute approximate surface area is 94.0 Å². The van der Waals surface area contributed by atoms with Gasteiger partial charge in [0, 0.05) is 0 Å². The first-order chi connectivity index (χ1) is 7.68. The summed E-state index contributed by atoms with van der Waals surface area (Å²) in [6.07, 6.45) is 5.95. The maximum absolute atomic E-state index is 10.3. The summed E-state index contributed by atoms with van der Waals surface area (Å²) < 4.78 is 8.95. The van der Waals surface area contributed by atoms with Crippen LogP contribution in [0, 0.1) is 0 Å². The second kappa shape index (κ2) is 9.76. The minimum Gasteiger partial charge on any atom is -0.473 e. The Balaban J connectivity index is 0.000000368. The fraction of sp³-hybridized carbons (Fsp3) is 0.455. The zero-order valence-corrected chi connectivity index (χ0v) is 9.22. The van der Waals surface area contributed by atoms with Gasteiger partial charge in [-0.2, -0.15) is 0 Å². The highest BCUT2D eigenvalue weighted by Crippen LogP contribution is 1.94. The molecule has 0 bridgehead atoms. The molecule has 0 radical (unpaired) electrons. The van der Waals surface area contributed by atoms with Gasteiger partial charge >= 0.3 is 11.9 Å². The van der Waals surface area contributed by atoms with Crippen molar-refractivity contribution in [1.29, 1.82) is 0 Å². The molecule has 90 valence electrons. The third-order valence-electron chi connectivity index (χ3n) is 1.58. The summed E-state index contributed by atoms with van der Waals surface area (Å²) in [7, 11) is 0. The van der Waals surface area contributed by atoms with E-state index in [0.29, 0.717) is 0 Å². The van der Waals surface area contributed by atoms with Crippen LogP contribution in [0.1, 0.15) is 26.2 Å². The van der Waals surface area contributed by atoms with E-state index < -0.39 is 11.9 Å². The summed E-state index contributed by atoms with van der Waals surface area (Å²) in [6, 6.07) is 3.67. The summed E-state index contributed by atoms with van der Waals surface area (Å²) in [5, 5.41) is 8.06. The Morgan fingerprint density at radius 3 is 2.25 bits per heavy atom. The number of carboxylic acids is 1. The van der Waals surface area contributed by atoms with Crippen LogP contribution in [0.2, 0.25) is 0 Å². The van der Waals surface area contributed by atoms with Crippen LogP contribution < -0.4 is 0 Å². The first kappa shape index (κ1) is 14.2. The third kappa shape index (κ3) is 8.80. The highest BCUT2D eigenvalue weighted by Gasteiger charge is 2.11. The lowest BCUT2D eigenvalue weighted by molar-refractivity contribution is -0.163. The molecule has 0 fully saturated rings. The van der Waals surface area contributed by atoms with Gasteiger partial charge in [0.25, 0.3) is 0 Å². The van der Waals surface area contributed by atoms with E-state index >= 15 is 0 Å². The summed E-state index contributed by atoms with van der Waals surface area (Å²) in [5.41, 5.74) is 0. The molecule has 0 amide bonds. The number of hydrogen-bond donors (Lipinski definition) is 1. The van der Waals surface area contributed by atoms with E-state index in [-0.39, 0.29) is 6.61 Å². The molecule has 1 aromatic heterocycles. The minimum absolute atomic E-state index is 0.207. The number of carboxylic acid groups (broad SMARTS) is 1. The molecule has 0 aliphatic heterocycles. The van der Waals surface area contributed by atoms with Crippen LogP contribution in [0.25, 0.3) is 0 Å². The zero-order chi connectivity index (χ0) is 12.2. The summed E-state index contributed by atoms with van der Waals surface area (Å²) in [5.74, 6) is -2.69. The lowest BCUT2D eigenvalue weighted by atomic mass is 10.3. The van der Waals surface area contributed by atoms with Crippen molar-refractivity contribution in [1.82, 2.24) is 0 Å². The van der Waals surface area contributed by atoms with Crippen molar-refractivity contribution in [2.75, 3.05) is 6.61 Å². The molecule has 0 aliphatic rings. The van der Waals surface area contributed by atoms with Gasteiger partial charge in [-0.05, 0) is 18.6 Å². The molecule has 0 aromatic carbocycles. The SMILES string of the molecule is CCCCCOC(=O)C(=O)O.c1ccoc1. The second-order valence-electron chi connectivity index (χ2n) is 2.94. The molecule has 1 aromatic rings. The lowest BCUT2D eigenvalue weighted by Gasteiger charge is -1.98. The average molecular weight is 228 g/mol. The molecule has 5 heteroatoms. The number of carbonyl (C=O) groups excluding carboxylic acids is 1. The van der Waals surface area contributed by atoms with Gasteiger partial charge in [0.15, 0.2) is 0 Å². The predicted octanol–water partition coefficient (Wildman–Crippen LogP) is 2.08. The van der Waals surface area contributed by atoms with Crippen molar-refractivity contribution in [3.05, 3.63) is 24.7 Å². The Hall–Kier alpha value is -1.78. The van der Waals surface area contributed by atoms with Gasteiger partial charge in [-0.3, -0.25) is 0 Å². The summed E-state index contributed by atoms with van der Waals surface area (Å²) in [6.45, 7) is 2.22. The molecule has 0 spiro atoms. The van der Waals surface area contributed by atoms with Gasteiger partial charge < -0.3 is 14.3 Å². The fourth-order valence-electron chi connectivity index (χ4n) is 0.805. The number of furan rings is 1. The lowest BCUT2D eigenvalue weighted by Crippen LogP contribution is -2.16. The summed E-state index contributed by atoms with van der Waals surface area (Å²) in [4.78, 5) is 20.2. The number of rotatable bonds is 4. The first-order valence-electron chi connectivity index (χ1n) is 5.05. The van der Waals surface area contributed by atoms with Gasteiger partial charge in [-0.15, -0.1) is 0 Å². The molecule has 1 N–H and O–H groups in total. The predicted molar refractivity (Wildman–Crippen MR) is 56.8 cm³/mol. The van der Waals surface area contributed by atoms with Crippen LogP contribution in [-0.4, -0.2) is 23.7 Å². The second-order valence-corrected chi connectivity index (χ2v) is 2.94. The highest BCUT2D eigenvalue weighted by atomic mass is 16.6. The third-order valence-corrected chi connectivity index (χ3v) is 1.58. The van der Waals surface area contributed by atoms with E-state index in [2.05, 4.69) is 9.15 Å².